The number of nitrogens with one attached hydrogen (secondary N) is 1. The average molecular weight is 393 g/mol. The summed E-state index contributed by atoms with van der Waals surface area (Å²) in [5.74, 6) is 1.72. The van der Waals surface area contributed by atoms with Gasteiger partial charge in [-0.25, -0.2) is 15.0 Å². The van der Waals surface area contributed by atoms with Gasteiger partial charge in [-0.15, -0.1) is 0 Å². The molecule has 142 valence electrons. The molecule has 7 heteroatoms. The van der Waals surface area contributed by atoms with E-state index < -0.39 is 0 Å². The van der Waals surface area contributed by atoms with Crippen LogP contribution in [0.5, 0.6) is 0 Å². The van der Waals surface area contributed by atoms with Gasteiger partial charge < -0.3 is 10.2 Å². The normalized spacial score (nSPS) is 14.7. The number of fused-ring (bicyclic) bond motifs is 3. The summed E-state index contributed by atoms with van der Waals surface area (Å²) in [5, 5.41) is 4.06. The molecule has 0 bridgehead atoms. The number of halogens is 1. The molecule has 4 aromatic rings. The van der Waals surface area contributed by atoms with Crippen LogP contribution in [0, 0.1) is 6.92 Å². The molecule has 0 spiro atoms. The fraction of sp³-hybridized carbons (Fsp3) is 0.286. The van der Waals surface area contributed by atoms with Crippen LogP contribution in [0.3, 0.4) is 0 Å². The Morgan fingerprint density at radius 3 is 2.71 bits per heavy atom. The van der Waals surface area contributed by atoms with E-state index in [1.54, 1.807) is 12.5 Å². The van der Waals surface area contributed by atoms with Crippen LogP contribution >= 0.6 is 11.6 Å². The monoisotopic (exact) mass is 392 g/mol. The number of aryl methyl sites for hydroxylation is 1. The summed E-state index contributed by atoms with van der Waals surface area (Å²) < 4.78 is 1.99. The van der Waals surface area contributed by atoms with Crippen LogP contribution in [0.1, 0.15) is 24.8 Å². The molecule has 0 amide bonds. The van der Waals surface area contributed by atoms with Crippen LogP contribution in [-0.4, -0.2) is 32.4 Å². The topological polar surface area (TPSA) is 58.4 Å². The predicted octanol–water partition coefficient (Wildman–Crippen LogP) is 4.97. The Morgan fingerprint density at radius 1 is 1.04 bits per heavy atom. The van der Waals surface area contributed by atoms with E-state index >= 15 is 0 Å². The Hall–Kier alpha value is -2.86. The Morgan fingerprint density at radius 2 is 1.89 bits per heavy atom. The zero-order chi connectivity index (χ0) is 19.1. The quantitative estimate of drug-likeness (QED) is 0.533. The van der Waals surface area contributed by atoms with E-state index in [0.29, 0.717) is 10.8 Å². The van der Waals surface area contributed by atoms with Gasteiger partial charge in [0.05, 0.1) is 16.9 Å². The molecule has 5 rings (SSSR count). The highest BCUT2D eigenvalue weighted by Gasteiger charge is 2.16. The average Bonchev–Trinajstić information content (AvgIpc) is 3.22. The van der Waals surface area contributed by atoms with Crippen molar-refractivity contribution in [2.75, 3.05) is 23.3 Å². The zero-order valence-corrected chi connectivity index (χ0v) is 16.4. The molecular weight excluding hydrogens is 372 g/mol. The third kappa shape index (κ3) is 2.94. The fourth-order valence-electron chi connectivity index (χ4n) is 3.81. The lowest BCUT2D eigenvalue weighted by molar-refractivity contribution is 0.574. The molecule has 1 aliphatic rings. The van der Waals surface area contributed by atoms with E-state index in [-0.39, 0.29) is 0 Å². The first-order chi connectivity index (χ1) is 13.7. The van der Waals surface area contributed by atoms with E-state index in [4.69, 9.17) is 21.6 Å². The second kappa shape index (κ2) is 6.95. The molecule has 28 heavy (non-hydrogen) atoms. The van der Waals surface area contributed by atoms with Gasteiger partial charge >= 0.3 is 0 Å². The minimum absolute atomic E-state index is 0.665. The Bertz CT molecular complexity index is 1140. The van der Waals surface area contributed by atoms with Crippen LogP contribution in [0.4, 0.5) is 17.3 Å². The van der Waals surface area contributed by atoms with Crippen molar-refractivity contribution in [3.05, 3.63) is 53.4 Å². The summed E-state index contributed by atoms with van der Waals surface area (Å²) in [6, 6.07) is 9.94. The standard InChI is InChI=1S/C21H21ClN6/c1-14-6-5-7-15(22)19(14)26-20-17-12-23-13-28(17)21-16(24-20)8-9-18(25-21)27-10-3-2-4-11-27/h5-9,12-13H,2-4,10-11H2,1H3,(H,24,26). The van der Waals surface area contributed by atoms with Crippen LogP contribution in [0.2, 0.25) is 5.02 Å². The summed E-state index contributed by atoms with van der Waals surface area (Å²) >= 11 is 6.40. The van der Waals surface area contributed by atoms with E-state index in [9.17, 15) is 0 Å². The van der Waals surface area contributed by atoms with Gasteiger partial charge in [0, 0.05) is 13.1 Å². The maximum absolute atomic E-state index is 6.40. The molecule has 0 unspecified atom stereocenters. The first-order valence-electron chi connectivity index (χ1n) is 9.60. The molecule has 1 fully saturated rings. The van der Waals surface area contributed by atoms with Gasteiger partial charge in [0.1, 0.15) is 23.2 Å². The van der Waals surface area contributed by atoms with Crippen molar-refractivity contribution in [2.24, 2.45) is 0 Å². The molecule has 1 saturated heterocycles. The van der Waals surface area contributed by atoms with Gasteiger partial charge in [-0.2, -0.15) is 0 Å². The zero-order valence-electron chi connectivity index (χ0n) is 15.7. The van der Waals surface area contributed by atoms with Crippen molar-refractivity contribution in [1.82, 2.24) is 19.4 Å². The number of anilines is 3. The van der Waals surface area contributed by atoms with Crippen LogP contribution in [0.15, 0.2) is 42.9 Å². The molecule has 1 N–H and O–H groups in total. The van der Waals surface area contributed by atoms with Crippen molar-refractivity contribution in [3.8, 4) is 0 Å². The molecule has 0 aliphatic carbocycles. The number of pyridine rings is 1. The maximum atomic E-state index is 6.40. The smallest absolute Gasteiger partial charge is 0.166 e. The van der Waals surface area contributed by atoms with Crippen LogP contribution < -0.4 is 10.2 Å². The Labute approximate surface area is 168 Å². The molecule has 0 saturated carbocycles. The molecule has 6 nitrogen and oxygen atoms in total. The van der Waals surface area contributed by atoms with Gasteiger partial charge in [0.15, 0.2) is 11.5 Å². The Kier molecular flexibility index (Phi) is 4.28. The van der Waals surface area contributed by atoms with Gasteiger partial charge in [0.25, 0.3) is 0 Å². The molecular formula is C21H21ClN6. The summed E-state index contributed by atoms with van der Waals surface area (Å²) in [7, 11) is 0. The number of hydrogen-bond acceptors (Lipinski definition) is 5. The van der Waals surface area contributed by atoms with Crippen LogP contribution in [0.25, 0.3) is 16.7 Å². The van der Waals surface area contributed by atoms with Gasteiger partial charge in [-0.05, 0) is 49.9 Å². The number of imidazole rings is 1. The van der Waals surface area contributed by atoms with Gasteiger partial charge in [-0.1, -0.05) is 23.7 Å². The third-order valence-electron chi connectivity index (χ3n) is 5.33. The van der Waals surface area contributed by atoms with E-state index in [2.05, 4.69) is 21.3 Å². The molecule has 1 aromatic carbocycles. The number of benzene rings is 1. The van der Waals surface area contributed by atoms with E-state index in [1.807, 2.05) is 35.6 Å². The largest absolute Gasteiger partial charge is 0.357 e. The lowest BCUT2D eigenvalue weighted by atomic mass is 10.1. The molecule has 0 atom stereocenters. The summed E-state index contributed by atoms with van der Waals surface area (Å²) in [6.45, 7) is 4.14. The van der Waals surface area contributed by atoms with Gasteiger partial charge in [0.2, 0.25) is 0 Å². The first-order valence-corrected chi connectivity index (χ1v) is 9.98. The van der Waals surface area contributed by atoms with Crippen molar-refractivity contribution >= 4 is 45.6 Å². The number of rotatable bonds is 3. The first kappa shape index (κ1) is 17.3. The lowest BCUT2D eigenvalue weighted by Crippen LogP contribution is -2.30. The number of nitrogens with zero attached hydrogens (tertiary/aromatic N) is 5. The van der Waals surface area contributed by atoms with Crippen molar-refractivity contribution < 1.29 is 0 Å². The number of para-hydroxylation sites is 1. The lowest BCUT2D eigenvalue weighted by Gasteiger charge is -2.27. The molecule has 3 aromatic heterocycles. The highest BCUT2D eigenvalue weighted by atomic mass is 35.5. The minimum Gasteiger partial charge on any atom is -0.357 e. The predicted molar refractivity (Wildman–Crippen MR) is 114 cm³/mol. The number of piperidine rings is 1. The van der Waals surface area contributed by atoms with Crippen molar-refractivity contribution in [1.29, 1.82) is 0 Å². The summed E-state index contributed by atoms with van der Waals surface area (Å²) in [5.41, 5.74) is 4.42. The number of hydrogen-bond donors (Lipinski definition) is 1. The minimum atomic E-state index is 0.665. The van der Waals surface area contributed by atoms with Crippen molar-refractivity contribution in [3.63, 3.8) is 0 Å². The molecule has 0 radical (unpaired) electrons. The Balaban J connectivity index is 1.62. The van der Waals surface area contributed by atoms with Crippen LogP contribution in [-0.2, 0) is 0 Å². The summed E-state index contributed by atoms with van der Waals surface area (Å²) in [6.07, 6.45) is 7.33. The molecule has 4 heterocycles. The highest BCUT2D eigenvalue weighted by molar-refractivity contribution is 6.33. The second-order valence-electron chi connectivity index (χ2n) is 7.23. The third-order valence-corrected chi connectivity index (χ3v) is 5.64. The second-order valence-corrected chi connectivity index (χ2v) is 7.63. The fourth-order valence-corrected chi connectivity index (χ4v) is 4.08. The SMILES string of the molecule is Cc1cccc(Cl)c1Nc1nc2ccc(N3CCCCC3)nc2n2cncc12. The number of aromatic nitrogens is 4. The summed E-state index contributed by atoms with van der Waals surface area (Å²) in [4.78, 5) is 16.4. The molecule has 1 aliphatic heterocycles. The highest BCUT2D eigenvalue weighted by Crippen LogP contribution is 2.31. The van der Waals surface area contributed by atoms with Crippen molar-refractivity contribution in [2.45, 2.75) is 26.2 Å². The van der Waals surface area contributed by atoms with Gasteiger partial charge in [-0.3, -0.25) is 4.40 Å². The maximum Gasteiger partial charge on any atom is 0.166 e. The van der Waals surface area contributed by atoms with E-state index in [1.165, 1.54) is 19.3 Å². The van der Waals surface area contributed by atoms with E-state index in [0.717, 1.165) is 46.8 Å².